The van der Waals surface area contributed by atoms with Crippen molar-refractivity contribution < 1.29 is 14.2 Å². The van der Waals surface area contributed by atoms with Crippen molar-refractivity contribution in [2.24, 2.45) is 4.99 Å². The number of hydrogen-bond donors (Lipinski definition) is 3. The molecule has 0 unspecified atom stereocenters. The summed E-state index contributed by atoms with van der Waals surface area (Å²) in [5, 5.41) is 9.96. The minimum Gasteiger partial charge on any atom is -0.493 e. The topological polar surface area (TPSA) is 76.1 Å². The van der Waals surface area contributed by atoms with Gasteiger partial charge in [0.25, 0.3) is 0 Å². The summed E-state index contributed by atoms with van der Waals surface area (Å²) < 4.78 is 15.7. The Bertz CT molecular complexity index is 763. The van der Waals surface area contributed by atoms with Crippen LogP contribution in [0.1, 0.15) is 18.1 Å². The van der Waals surface area contributed by atoms with E-state index < -0.39 is 0 Å². The van der Waals surface area contributed by atoms with Crippen LogP contribution in [0.25, 0.3) is 0 Å². The number of ether oxygens (including phenoxy) is 3. The van der Waals surface area contributed by atoms with Crippen molar-refractivity contribution in [1.29, 1.82) is 0 Å². The molecule has 2 aromatic rings. The average Bonchev–Trinajstić information content (AvgIpc) is 2.76. The third-order valence-electron chi connectivity index (χ3n) is 4.26. The highest BCUT2D eigenvalue weighted by atomic mass is 16.5. The Balaban J connectivity index is 1.93. The lowest BCUT2D eigenvalue weighted by atomic mass is 10.2. The molecule has 29 heavy (non-hydrogen) atoms. The Hall–Kier alpha value is -2.93. The second-order valence-corrected chi connectivity index (χ2v) is 6.35. The quantitative estimate of drug-likeness (QED) is 0.306. The molecule has 0 saturated carbocycles. The van der Waals surface area contributed by atoms with E-state index in [4.69, 9.17) is 14.2 Å². The lowest BCUT2D eigenvalue weighted by Gasteiger charge is -2.13. The molecule has 0 spiro atoms. The molecule has 0 saturated heterocycles. The van der Waals surface area contributed by atoms with E-state index in [0.29, 0.717) is 31.2 Å². The van der Waals surface area contributed by atoms with Gasteiger partial charge in [0, 0.05) is 32.4 Å². The van der Waals surface area contributed by atoms with Crippen molar-refractivity contribution in [3.05, 3.63) is 53.6 Å². The van der Waals surface area contributed by atoms with Crippen LogP contribution in [0, 0.1) is 0 Å². The number of nitrogens with one attached hydrogen (secondary N) is 3. The first-order chi connectivity index (χ1) is 14.2. The fourth-order valence-electron chi connectivity index (χ4n) is 2.71. The van der Waals surface area contributed by atoms with Crippen LogP contribution < -0.4 is 25.4 Å². The fraction of sp³-hybridized carbons (Fsp3) is 0.409. The minimum atomic E-state index is 0.540. The predicted molar refractivity (Wildman–Crippen MR) is 118 cm³/mol. The summed E-state index contributed by atoms with van der Waals surface area (Å²) in [7, 11) is 4.96. The van der Waals surface area contributed by atoms with Crippen LogP contribution in [0.5, 0.6) is 11.5 Å². The Labute approximate surface area is 173 Å². The van der Waals surface area contributed by atoms with E-state index in [9.17, 15) is 0 Å². The van der Waals surface area contributed by atoms with Crippen molar-refractivity contribution in [1.82, 2.24) is 10.6 Å². The van der Waals surface area contributed by atoms with Gasteiger partial charge in [0.15, 0.2) is 17.5 Å². The van der Waals surface area contributed by atoms with Gasteiger partial charge in [0.05, 0.1) is 27.4 Å². The fourth-order valence-corrected chi connectivity index (χ4v) is 2.71. The largest absolute Gasteiger partial charge is 0.493 e. The van der Waals surface area contributed by atoms with Crippen LogP contribution in [0.3, 0.4) is 0 Å². The molecule has 158 valence electrons. The molecule has 0 amide bonds. The van der Waals surface area contributed by atoms with Crippen molar-refractivity contribution in [2.45, 2.75) is 20.0 Å². The van der Waals surface area contributed by atoms with E-state index >= 15 is 0 Å². The number of anilines is 1. The molecule has 0 heterocycles. The molecule has 2 aromatic carbocycles. The first-order valence-electron chi connectivity index (χ1n) is 9.75. The number of guanidine groups is 1. The van der Waals surface area contributed by atoms with E-state index in [1.54, 1.807) is 21.3 Å². The standard InChI is InChI=1S/C22H32N4O3/c1-5-23-22(26-16-18-8-11-20(28-3)21(14-18)29-4)25-15-17-6-9-19(10-7-17)24-12-13-27-2/h6-11,14,24H,5,12-13,15-16H2,1-4H3,(H2,23,25,26). The van der Waals surface area contributed by atoms with Crippen LogP contribution >= 0.6 is 0 Å². The number of rotatable bonds is 11. The van der Waals surface area contributed by atoms with E-state index in [2.05, 4.69) is 45.2 Å². The minimum absolute atomic E-state index is 0.540. The smallest absolute Gasteiger partial charge is 0.191 e. The highest BCUT2D eigenvalue weighted by Gasteiger charge is 2.05. The summed E-state index contributed by atoms with van der Waals surface area (Å²) >= 11 is 0. The van der Waals surface area contributed by atoms with Crippen molar-refractivity contribution in [2.75, 3.05) is 46.3 Å². The molecule has 0 aliphatic heterocycles. The first kappa shape index (κ1) is 22.4. The molecule has 0 aliphatic carbocycles. The van der Waals surface area contributed by atoms with Gasteiger partial charge in [-0.3, -0.25) is 0 Å². The normalized spacial score (nSPS) is 11.1. The van der Waals surface area contributed by atoms with Gasteiger partial charge in [0.1, 0.15) is 0 Å². The van der Waals surface area contributed by atoms with Crippen molar-refractivity contribution in [3.63, 3.8) is 0 Å². The second-order valence-electron chi connectivity index (χ2n) is 6.35. The maximum atomic E-state index is 5.36. The van der Waals surface area contributed by atoms with E-state index in [1.165, 1.54) is 5.56 Å². The molecule has 0 aliphatic rings. The average molecular weight is 401 g/mol. The summed E-state index contributed by atoms with van der Waals surface area (Å²) in [6.45, 7) is 5.55. The summed E-state index contributed by atoms with van der Waals surface area (Å²) in [6.07, 6.45) is 0. The zero-order chi connectivity index (χ0) is 20.9. The third kappa shape index (κ3) is 7.54. The van der Waals surface area contributed by atoms with Crippen LogP contribution in [0.15, 0.2) is 47.5 Å². The maximum Gasteiger partial charge on any atom is 0.191 e. The van der Waals surface area contributed by atoms with Crippen molar-refractivity contribution in [3.8, 4) is 11.5 Å². The summed E-state index contributed by atoms with van der Waals surface area (Å²) in [4.78, 5) is 4.67. The van der Waals surface area contributed by atoms with Crippen LogP contribution in [-0.2, 0) is 17.8 Å². The van der Waals surface area contributed by atoms with E-state index in [-0.39, 0.29) is 0 Å². The molecule has 2 rings (SSSR count). The zero-order valence-electron chi connectivity index (χ0n) is 17.7. The van der Waals surface area contributed by atoms with Crippen LogP contribution in [-0.4, -0.2) is 47.0 Å². The van der Waals surface area contributed by atoms with Gasteiger partial charge >= 0.3 is 0 Å². The molecule has 0 atom stereocenters. The zero-order valence-corrected chi connectivity index (χ0v) is 17.7. The molecular weight excluding hydrogens is 368 g/mol. The van der Waals surface area contributed by atoms with Gasteiger partial charge in [-0.15, -0.1) is 0 Å². The van der Waals surface area contributed by atoms with Gasteiger partial charge < -0.3 is 30.2 Å². The molecule has 7 nitrogen and oxygen atoms in total. The lowest BCUT2D eigenvalue weighted by Crippen LogP contribution is -2.36. The van der Waals surface area contributed by atoms with Crippen LogP contribution in [0.4, 0.5) is 5.69 Å². The number of aliphatic imine (C=N–C) groups is 1. The summed E-state index contributed by atoms with van der Waals surface area (Å²) in [5.41, 5.74) is 3.31. The molecular formula is C22H32N4O3. The van der Waals surface area contributed by atoms with Gasteiger partial charge in [-0.05, 0) is 42.3 Å². The molecule has 0 bridgehead atoms. The molecule has 7 heteroatoms. The third-order valence-corrected chi connectivity index (χ3v) is 4.26. The monoisotopic (exact) mass is 400 g/mol. The van der Waals surface area contributed by atoms with Gasteiger partial charge in [-0.2, -0.15) is 0 Å². The number of hydrogen-bond acceptors (Lipinski definition) is 5. The van der Waals surface area contributed by atoms with Crippen molar-refractivity contribution >= 4 is 11.6 Å². The Morgan fingerprint density at radius 2 is 1.62 bits per heavy atom. The number of nitrogens with zero attached hydrogens (tertiary/aromatic N) is 1. The first-order valence-corrected chi connectivity index (χ1v) is 9.75. The SMILES string of the molecule is CCNC(=NCc1ccc(OC)c(OC)c1)NCc1ccc(NCCOC)cc1. The van der Waals surface area contributed by atoms with Gasteiger partial charge in [-0.1, -0.05) is 18.2 Å². The Kier molecular flexibility index (Phi) is 9.65. The Morgan fingerprint density at radius 1 is 0.897 bits per heavy atom. The van der Waals surface area contributed by atoms with Gasteiger partial charge in [-0.25, -0.2) is 4.99 Å². The molecule has 0 fully saturated rings. The molecule has 3 N–H and O–H groups in total. The predicted octanol–water partition coefficient (Wildman–Crippen LogP) is 3.02. The van der Waals surface area contributed by atoms with Crippen LogP contribution in [0.2, 0.25) is 0 Å². The second kappa shape index (κ2) is 12.5. The van der Waals surface area contributed by atoms with E-state index in [1.807, 2.05) is 25.1 Å². The molecule has 0 radical (unpaired) electrons. The number of benzene rings is 2. The highest BCUT2D eigenvalue weighted by Crippen LogP contribution is 2.27. The summed E-state index contributed by atoms with van der Waals surface area (Å²) in [6, 6.07) is 14.2. The number of methoxy groups -OCH3 is 3. The summed E-state index contributed by atoms with van der Waals surface area (Å²) in [5.74, 6) is 2.19. The maximum absolute atomic E-state index is 5.36. The molecule has 0 aromatic heterocycles. The van der Waals surface area contributed by atoms with E-state index in [0.717, 1.165) is 30.3 Å². The highest BCUT2D eigenvalue weighted by molar-refractivity contribution is 5.79. The van der Waals surface area contributed by atoms with Gasteiger partial charge in [0.2, 0.25) is 0 Å². The Morgan fingerprint density at radius 3 is 2.28 bits per heavy atom. The lowest BCUT2D eigenvalue weighted by molar-refractivity contribution is 0.211.